The molecule has 2 rings (SSSR count). The van der Waals surface area contributed by atoms with Gasteiger partial charge in [-0.25, -0.2) is 14.2 Å². The average molecular weight is 343 g/mol. The highest BCUT2D eigenvalue weighted by Crippen LogP contribution is 2.29. The van der Waals surface area contributed by atoms with Gasteiger partial charge in [0, 0.05) is 0 Å². The molecule has 5 nitrogen and oxygen atoms in total. The first-order valence-corrected chi connectivity index (χ1v) is 6.59. The van der Waals surface area contributed by atoms with Crippen LogP contribution < -0.4 is 5.32 Å². The van der Waals surface area contributed by atoms with Gasteiger partial charge in [-0.05, 0) is 41.9 Å². The maximum Gasteiger partial charge on any atom is 0.336 e. The Hall–Kier alpha value is -1.89. The van der Waals surface area contributed by atoms with Gasteiger partial charge in [-0.1, -0.05) is 0 Å². The molecular formula is C13H12BrFN2O3. The Morgan fingerprint density at radius 3 is 2.80 bits per heavy atom. The van der Waals surface area contributed by atoms with E-state index in [0.717, 1.165) is 0 Å². The molecule has 7 heteroatoms. The van der Waals surface area contributed by atoms with Crippen molar-refractivity contribution in [1.82, 2.24) is 4.98 Å². The highest BCUT2D eigenvalue weighted by Gasteiger charge is 2.18. The number of rotatable bonds is 4. The lowest BCUT2D eigenvalue weighted by Gasteiger charge is -2.14. The van der Waals surface area contributed by atoms with Crippen LogP contribution in [0.15, 0.2) is 27.2 Å². The number of nitrogens with one attached hydrogen (secondary N) is 1. The number of nitrogens with zero attached hydrogens (tertiary/aromatic N) is 1. The number of carboxylic acids is 1. The Kier molecular flexibility index (Phi) is 4.08. The van der Waals surface area contributed by atoms with Crippen molar-refractivity contribution in [2.24, 2.45) is 0 Å². The Morgan fingerprint density at radius 2 is 2.25 bits per heavy atom. The van der Waals surface area contributed by atoms with E-state index >= 15 is 0 Å². The van der Waals surface area contributed by atoms with Crippen molar-refractivity contribution in [1.29, 1.82) is 0 Å². The van der Waals surface area contributed by atoms with Crippen LogP contribution in [0, 0.1) is 12.7 Å². The molecule has 0 aliphatic rings. The van der Waals surface area contributed by atoms with Gasteiger partial charge in [-0.3, -0.25) is 0 Å². The predicted molar refractivity (Wildman–Crippen MR) is 74.3 cm³/mol. The van der Waals surface area contributed by atoms with E-state index in [-0.39, 0.29) is 21.8 Å². The summed E-state index contributed by atoms with van der Waals surface area (Å²) in [4.78, 5) is 14.9. The Labute approximate surface area is 123 Å². The number of benzene rings is 1. The third-order valence-corrected chi connectivity index (χ3v) is 3.47. The maximum atomic E-state index is 14.1. The number of halogens is 2. The van der Waals surface area contributed by atoms with Gasteiger partial charge in [0.25, 0.3) is 0 Å². The van der Waals surface area contributed by atoms with Gasteiger partial charge in [0.15, 0.2) is 5.82 Å². The summed E-state index contributed by atoms with van der Waals surface area (Å²) in [5.74, 6) is -0.768. The summed E-state index contributed by atoms with van der Waals surface area (Å²) in [5.41, 5.74) is 0.0397. The van der Waals surface area contributed by atoms with Crippen molar-refractivity contribution in [3.05, 3.63) is 45.8 Å². The van der Waals surface area contributed by atoms with E-state index < -0.39 is 11.8 Å². The standard InChI is InChI=1S/C13H12BrFN2O3/c1-6-5-16-12(20-6)7(2)17-9-4-3-8(13(18)19)10(14)11(9)15/h3-5,7,17H,1-2H3,(H,18,19). The van der Waals surface area contributed by atoms with Gasteiger partial charge in [0.1, 0.15) is 11.8 Å². The predicted octanol–water partition coefficient (Wildman–Crippen LogP) is 3.76. The van der Waals surface area contributed by atoms with Crippen molar-refractivity contribution in [3.8, 4) is 0 Å². The van der Waals surface area contributed by atoms with Crippen molar-refractivity contribution >= 4 is 27.6 Å². The number of hydrogen-bond acceptors (Lipinski definition) is 4. The molecule has 0 saturated heterocycles. The number of carbonyl (C=O) groups is 1. The molecule has 1 aromatic heterocycles. The molecule has 0 radical (unpaired) electrons. The van der Waals surface area contributed by atoms with Crippen LogP contribution in [0.3, 0.4) is 0 Å². The van der Waals surface area contributed by atoms with Crippen LogP contribution in [-0.2, 0) is 0 Å². The number of aryl methyl sites for hydroxylation is 1. The molecule has 106 valence electrons. The monoisotopic (exact) mass is 342 g/mol. The normalized spacial score (nSPS) is 12.2. The fourth-order valence-corrected chi connectivity index (χ4v) is 2.21. The van der Waals surface area contributed by atoms with Crippen molar-refractivity contribution < 1.29 is 18.7 Å². The van der Waals surface area contributed by atoms with Crippen molar-refractivity contribution in [3.63, 3.8) is 0 Å². The molecular weight excluding hydrogens is 331 g/mol. The first-order valence-electron chi connectivity index (χ1n) is 5.80. The fraction of sp³-hybridized carbons (Fsp3) is 0.231. The summed E-state index contributed by atoms with van der Waals surface area (Å²) >= 11 is 2.95. The summed E-state index contributed by atoms with van der Waals surface area (Å²) in [5, 5.41) is 11.8. The van der Waals surface area contributed by atoms with Gasteiger partial charge < -0.3 is 14.8 Å². The highest BCUT2D eigenvalue weighted by atomic mass is 79.9. The topological polar surface area (TPSA) is 75.4 Å². The second-order valence-corrected chi connectivity index (χ2v) is 5.06. The molecule has 20 heavy (non-hydrogen) atoms. The van der Waals surface area contributed by atoms with Crippen LogP contribution in [0.5, 0.6) is 0 Å². The molecule has 0 saturated carbocycles. The number of carboxylic acid groups (broad SMARTS) is 1. The van der Waals surface area contributed by atoms with Crippen LogP contribution >= 0.6 is 15.9 Å². The highest BCUT2D eigenvalue weighted by molar-refractivity contribution is 9.10. The lowest BCUT2D eigenvalue weighted by molar-refractivity contribution is 0.0695. The number of oxazole rings is 1. The summed E-state index contributed by atoms with van der Waals surface area (Å²) < 4.78 is 19.3. The van der Waals surface area contributed by atoms with E-state index in [9.17, 15) is 9.18 Å². The van der Waals surface area contributed by atoms with Gasteiger partial charge in [-0.15, -0.1) is 0 Å². The van der Waals surface area contributed by atoms with Crippen LogP contribution in [0.1, 0.15) is 35.0 Å². The quantitative estimate of drug-likeness (QED) is 0.884. The van der Waals surface area contributed by atoms with E-state index in [1.165, 1.54) is 12.1 Å². The smallest absolute Gasteiger partial charge is 0.336 e. The number of anilines is 1. The molecule has 2 aromatic rings. The van der Waals surface area contributed by atoms with Crippen LogP contribution in [0.4, 0.5) is 10.1 Å². The van der Waals surface area contributed by atoms with Crippen LogP contribution in [0.25, 0.3) is 0 Å². The zero-order chi connectivity index (χ0) is 14.9. The molecule has 0 fully saturated rings. The van der Waals surface area contributed by atoms with Gasteiger partial charge in [0.05, 0.1) is 21.9 Å². The maximum absolute atomic E-state index is 14.1. The largest absolute Gasteiger partial charge is 0.478 e. The summed E-state index contributed by atoms with van der Waals surface area (Å²) in [6.07, 6.45) is 1.58. The van der Waals surface area contributed by atoms with Gasteiger partial charge in [-0.2, -0.15) is 0 Å². The molecule has 1 heterocycles. The molecule has 0 amide bonds. The first kappa shape index (κ1) is 14.5. The number of hydrogen-bond donors (Lipinski definition) is 2. The molecule has 1 unspecified atom stereocenters. The van der Waals surface area contributed by atoms with E-state index in [0.29, 0.717) is 11.7 Å². The SMILES string of the molecule is Cc1cnc(C(C)Nc2ccc(C(=O)O)c(Br)c2F)o1. The first-order chi connectivity index (χ1) is 9.40. The lowest BCUT2D eigenvalue weighted by atomic mass is 10.2. The molecule has 0 aliphatic carbocycles. The number of aromatic carboxylic acids is 1. The fourth-order valence-electron chi connectivity index (χ4n) is 1.69. The van der Waals surface area contributed by atoms with E-state index in [4.69, 9.17) is 9.52 Å². The molecule has 1 atom stereocenters. The second-order valence-electron chi connectivity index (χ2n) is 4.27. The average Bonchev–Trinajstić information content (AvgIpc) is 2.81. The van der Waals surface area contributed by atoms with Crippen LogP contribution in [0.2, 0.25) is 0 Å². The minimum atomic E-state index is -1.20. The zero-order valence-electron chi connectivity index (χ0n) is 10.8. The van der Waals surface area contributed by atoms with Gasteiger partial charge >= 0.3 is 5.97 Å². The molecule has 2 N–H and O–H groups in total. The minimum absolute atomic E-state index is 0.0919. The van der Waals surface area contributed by atoms with E-state index in [1.807, 2.05) is 0 Å². The van der Waals surface area contributed by atoms with Gasteiger partial charge in [0.2, 0.25) is 5.89 Å². The third kappa shape index (κ3) is 2.82. The van der Waals surface area contributed by atoms with E-state index in [1.54, 1.807) is 20.0 Å². The Balaban J connectivity index is 2.26. The molecule has 1 aromatic carbocycles. The Bertz CT molecular complexity index is 657. The molecule has 0 bridgehead atoms. The third-order valence-electron chi connectivity index (χ3n) is 2.69. The van der Waals surface area contributed by atoms with Crippen molar-refractivity contribution in [2.75, 3.05) is 5.32 Å². The van der Waals surface area contributed by atoms with E-state index in [2.05, 4.69) is 26.2 Å². The minimum Gasteiger partial charge on any atom is -0.478 e. The summed E-state index contributed by atoms with van der Waals surface area (Å²) in [6.45, 7) is 3.53. The van der Waals surface area contributed by atoms with Crippen molar-refractivity contribution in [2.45, 2.75) is 19.9 Å². The summed E-state index contributed by atoms with van der Waals surface area (Å²) in [7, 11) is 0. The molecule has 0 spiro atoms. The lowest BCUT2D eigenvalue weighted by Crippen LogP contribution is -2.10. The number of aromatic nitrogens is 1. The second kappa shape index (κ2) is 5.62. The zero-order valence-corrected chi connectivity index (χ0v) is 12.4. The Morgan fingerprint density at radius 1 is 1.55 bits per heavy atom. The molecule has 0 aliphatic heterocycles. The summed E-state index contributed by atoms with van der Waals surface area (Å²) in [6, 6.07) is 2.35. The van der Waals surface area contributed by atoms with Crippen LogP contribution in [-0.4, -0.2) is 16.1 Å².